The van der Waals surface area contributed by atoms with E-state index in [1.54, 1.807) is 0 Å². The Labute approximate surface area is 165 Å². The van der Waals surface area contributed by atoms with E-state index in [1.165, 1.54) is 23.9 Å². The SMILES string of the molecule is Cc1cc(N2CCCC2)c2ccc(OCc3cccc(Cl)c3)cc2n1.Cl. The molecule has 0 atom stereocenters. The molecular formula is C21H22Cl2N2O. The largest absolute Gasteiger partial charge is 0.489 e. The summed E-state index contributed by atoms with van der Waals surface area (Å²) in [5, 5.41) is 1.93. The monoisotopic (exact) mass is 388 g/mol. The number of pyridine rings is 1. The number of rotatable bonds is 4. The molecule has 2 heterocycles. The smallest absolute Gasteiger partial charge is 0.122 e. The first-order valence-electron chi connectivity index (χ1n) is 8.73. The van der Waals surface area contributed by atoms with Crippen molar-refractivity contribution in [1.82, 2.24) is 4.98 Å². The molecule has 0 saturated carbocycles. The number of nitrogens with zero attached hydrogens (tertiary/aromatic N) is 2. The van der Waals surface area contributed by atoms with E-state index in [9.17, 15) is 0 Å². The summed E-state index contributed by atoms with van der Waals surface area (Å²) in [6, 6.07) is 16.1. The first-order valence-corrected chi connectivity index (χ1v) is 9.10. The minimum atomic E-state index is 0. The molecule has 5 heteroatoms. The number of aryl methyl sites for hydroxylation is 1. The zero-order chi connectivity index (χ0) is 17.2. The lowest BCUT2D eigenvalue weighted by molar-refractivity contribution is 0.306. The number of ether oxygens (including phenoxy) is 1. The molecule has 1 saturated heterocycles. The van der Waals surface area contributed by atoms with Crippen LogP contribution in [0.1, 0.15) is 24.1 Å². The van der Waals surface area contributed by atoms with Crippen LogP contribution in [0.5, 0.6) is 5.75 Å². The van der Waals surface area contributed by atoms with Gasteiger partial charge in [-0.25, -0.2) is 0 Å². The first kappa shape index (κ1) is 18.8. The van der Waals surface area contributed by atoms with Crippen LogP contribution in [-0.4, -0.2) is 18.1 Å². The third kappa shape index (κ3) is 4.05. The summed E-state index contributed by atoms with van der Waals surface area (Å²) in [4.78, 5) is 7.17. The average Bonchev–Trinajstić information content (AvgIpc) is 3.13. The highest BCUT2D eigenvalue weighted by atomic mass is 35.5. The van der Waals surface area contributed by atoms with Gasteiger partial charge in [0.05, 0.1) is 5.52 Å². The van der Waals surface area contributed by atoms with Crippen molar-refractivity contribution in [2.75, 3.05) is 18.0 Å². The number of benzene rings is 2. The Morgan fingerprint density at radius 3 is 2.65 bits per heavy atom. The number of anilines is 1. The minimum absolute atomic E-state index is 0. The summed E-state index contributed by atoms with van der Waals surface area (Å²) >= 11 is 6.03. The molecule has 0 bridgehead atoms. The van der Waals surface area contributed by atoms with E-state index in [1.807, 2.05) is 36.4 Å². The summed E-state index contributed by atoms with van der Waals surface area (Å²) in [7, 11) is 0. The lowest BCUT2D eigenvalue weighted by Crippen LogP contribution is -2.18. The van der Waals surface area contributed by atoms with E-state index < -0.39 is 0 Å². The number of fused-ring (bicyclic) bond motifs is 1. The summed E-state index contributed by atoms with van der Waals surface area (Å²) in [6.07, 6.45) is 2.54. The molecule has 1 aliphatic rings. The van der Waals surface area contributed by atoms with Crippen molar-refractivity contribution >= 4 is 40.6 Å². The van der Waals surface area contributed by atoms with Crippen molar-refractivity contribution in [3.63, 3.8) is 0 Å². The fourth-order valence-electron chi connectivity index (χ4n) is 3.42. The quantitative estimate of drug-likeness (QED) is 0.564. The summed E-state index contributed by atoms with van der Waals surface area (Å²) in [5.74, 6) is 0.831. The van der Waals surface area contributed by atoms with Gasteiger partial charge in [0, 0.05) is 40.9 Å². The molecule has 0 unspecified atom stereocenters. The van der Waals surface area contributed by atoms with Crippen LogP contribution in [0.25, 0.3) is 10.9 Å². The second kappa shape index (κ2) is 8.15. The molecule has 0 amide bonds. The highest BCUT2D eigenvalue weighted by Crippen LogP contribution is 2.31. The van der Waals surface area contributed by atoms with Crippen molar-refractivity contribution < 1.29 is 4.74 Å². The highest BCUT2D eigenvalue weighted by Gasteiger charge is 2.16. The van der Waals surface area contributed by atoms with Crippen LogP contribution in [-0.2, 0) is 6.61 Å². The predicted octanol–water partition coefficient (Wildman–Crippen LogP) is 5.80. The van der Waals surface area contributed by atoms with Crippen LogP contribution < -0.4 is 9.64 Å². The van der Waals surface area contributed by atoms with E-state index >= 15 is 0 Å². The minimum Gasteiger partial charge on any atom is -0.489 e. The molecule has 1 fully saturated rings. The fourth-order valence-corrected chi connectivity index (χ4v) is 3.63. The summed E-state index contributed by atoms with van der Waals surface area (Å²) in [5.41, 5.74) is 4.39. The summed E-state index contributed by atoms with van der Waals surface area (Å²) < 4.78 is 5.95. The third-order valence-corrected chi connectivity index (χ3v) is 4.86. The Morgan fingerprint density at radius 1 is 1.08 bits per heavy atom. The normalized spacial score (nSPS) is 13.7. The van der Waals surface area contributed by atoms with E-state index in [0.29, 0.717) is 6.61 Å². The van der Waals surface area contributed by atoms with E-state index in [-0.39, 0.29) is 12.4 Å². The molecule has 26 heavy (non-hydrogen) atoms. The van der Waals surface area contributed by atoms with Gasteiger partial charge in [-0.3, -0.25) is 4.98 Å². The van der Waals surface area contributed by atoms with Gasteiger partial charge in [0.1, 0.15) is 12.4 Å². The first-order chi connectivity index (χ1) is 12.2. The molecule has 3 nitrogen and oxygen atoms in total. The molecule has 1 aliphatic heterocycles. The zero-order valence-electron chi connectivity index (χ0n) is 14.7. The van der Waals surface area contributed by atoms with Gasteiger partial charge in [-0.1, -0.05) is 23.7 Å². The zero-order valence-corrected chi connectivity index (χ0v) is 16.3. The molecule has 2 aromatic carbocycles. The van der Waals surface area contributed by atoms with Crippen LogP contribution in [0.3, 0.4) is 0 Å². The van der Waals surface area contributed by atoms with E-state index in [0.717, 1.165) is 40.6 Å². The van der Waals surface area contributed by atoms with Crippen LogP contribution in [0.15, 0.2) is 48.5 Å². The van der Waals surface area contributed by atoms with Crippen molar-refractivity contribution in [3.05, 3.63) is 64.8 Å². The molecule has 3 aromatic rings. The van der Waals surface area contributed by atoms with Crippen LogP contribution in [0.4, 0.5) is 5.69 Å². The fraction of sp³-hybridized carbons (Fsp3) is 0.286. The van der Waals surface area contributed by atoms with Gasteiger partial charge in [-0.05, 0) is 55.7 Å². The topological polar surface area (TPSA) is 25.4 Å². The van der Waals surface area contributed by atoms with Crippen molar-refractivity contribution in [3.8, 4) is 5.75 Å². The number of aromatic nitrogens is 1. The summed E-state index contributed by atoms with van der Waals surface area (Å²) in [6.45, 7) is 4.81. The molecule has 0 spiro atoms. The molecule has 0 aliphatic carbocycles. The van der Waals surface area contributed by atoms with Crippen LogP contribution in [0, 0.1) is 6.92 Å². The van der Waals surface area contributed by atoms with Gasteiger partial charge in [0.15, 0.2) is 0 Å². The molecule has 1 aromatic heterocycles. The van der Waals surface area contributed by atoms with Crippen molar-refractivity contribution in [1.29, 1.82) is 0 Å². The second-order valence-corrected chi connectivity index (χ2v) is 7.01. The molecule has 136 valence electrons. The van der Waals surface area contributed by atoms with Gasteiger partial charge >= 0.3 is 0 Å². The second-order valence-electron chi connectivity index (χ2n) is 6.57. The predicted molar refractivity (Wildman–Crippen MR) is 111 cm³/mol. The van der Waals surface area contributed by atoms with Gasteiger partial charge in [-0.15, -0.1) is 12.4 Å². The molecule has 0 radical (unpaired) electrons. The maximum absolute atomic E-state index is 6.03. The van der Waals surface area contributed by atoms with Crippen LogP contribution in [0.2, 0.25) is 5.02 Å². The Kier molecular flexibility index (Phi) is 5.90. The molecule has 0 N–H and O–H groups in total. The van der Waals surface area contributed by atoms with E-state index in [4.69, 9.17) is 21.3 Å². The van der Waals surface area contributed by atoms with Crippen LogP contribution >= 0.6 is 24.0 Å². The molecular weight excluding hydrogens is 367 g/mol. The Hall–Kier alpha value is -1.97. The number of hydrogen-bond donors (Lipinski definition) is 0. The number of halogens is 2. The Balaban J connectivity index is 0.00000196. The van der Waals surface area contributed by atoms with E-state index in [2.05, 4.69) is 24.0 Å². The highest BCUT2D eigenvalue weighted by molar-refractivity contribution is 6.30. The van der Waals surface area contributed by atoms with Crippen molar-refractivity contribution in [2.45, 2.75) is 26.4 Å². The maximum atomic E-state index is 6.03. The Bertz CT molecular complexity index is 908. The van der Waals surface area contributed by atoms with Gasteiger partial charge in [0.25, 0.3) is 0 Å². The lowest BCUT2D eigenvalue weighted by atomic mass is 10.1. The maximum Gasteiger partial charge on any atom is 0.122 e. The number of hydrogen-bond acceptors (Lipinski definition) is 3. The van der Waals surface area contributed by atoms with Crippen molar-refractivity contribution in [2.24, 2.45) is 0 Å². The third-order valence-electron chi connectivity index (χ3n) is 4.63. The molecule has 4 rings (SSSR count). The van der Waals surface area contributed by atoms with Gasteiger partial charge in [0.2, 0.25) is 0 Å². The van der Waals surface area contributed by atoms with Gasteiger partial charge in [-0.2, -0.15) is 0 Å². The van der Waals surface area contributed by atoms with Gasteiger partial charge < -0.3 is 9.64 Å². The Morgan fingerprint density at radius 2 is 1.88 bits per heavy atom. The lowest BCUT2D eigenvalue weighted by Gasteiger charge is -2.20. The standard InChI is InChI=1S/C21H21ClN2O.ClH/c1-15-11-21(24-9-2-3-10-24)19-8-7-18(13-20(19)23-15)25-14-16-5-4-6-17(22)12-16;/h4-8,11-13H,2-3,9-10,14H2,1H3;1H. The average molecular weight is 389 g/mol.